The number of likely N-dealkylation sites (N-methyl/N-ethyl adjacent to an activating group) is 1. The van der Waals surface area contributed by atoms with Crippen molar-refractivity contribution in [2.45, 2.75) is 45.7 Å². The van der Waals surface area contributed by atoms with Gasteiger partial charge >= 0.3 is 5.97 Å². The Bertz CT molecular complexity index is 249. The fraction of sp³-hybridized carbons (Fsp3) is 0.800. The maximum Gasteiger partial charge on any atom is 0.329 e. The summed E-state index contributed by atoms with van der Waals surface area (Å²) in [6.07, 6.45) is 0.171. The van der Waals surface area contributed by atoms with Crippen LogP contribution in [0, 0.1) is 0 Å². The highest BCUT2D eigenvalue weighted by molar-refractivity contribution is 5.86. The van der Waals surface area contributed by atoms with Crippen LogP contribution in [0.3, 0.4) is 0 Å². The Kier molecular flexibility index (Phi) is 4.74. The van der Waals surface area contributed by atoms with E-state index in [0.29, 0.717) is 6.54 Å². The van der Waals surface area contributed by atoms with E-state index in [1.54, 1.807) is 13.8 Å². The number of nitrogens with zero attached hydrogens (tertiary/aromatic N) is 1. The second-order valence-electron chi connectivity index (χ2n) is 4.18. The minimum atomic E-state index is -1.18. The average Bonchev–Trinajstić information content (AvgIpc) is 2.02. The number of carbonyl (C=O) groups excluding carboxylic acids is 1. The van der Waals surface area contributed by atoms with Gasteiger partial charge in [-0.1, -0.05) is 0 Å². The Labute approximate surface area is 90.2 Å². The van der Waals surface area contributed by atoms with Crippen LogP contribution in [0.1, 0.15) is 34.1 Å². The van der Waals surface area contributed by atoms with E-state index in [1.807, 2.05) is 0 Å². The van der Waals surface area contributed by atoms with Gasteiger partial charge in [-0.15, -0.1) is 0 Å². The molecule has 0 aromatic heterocycles. The number of carboxylic acid groups (broad SMARTS) is 1. The van der Waals surface area contributed by atoms with Crippen molar-refractivity contribution in [1.82, 2.24) is 4.90 Å². The molecule has 88 valence electrons. The number of rotatable bonds is 5. The molecule has 0 spiro atoms. The number of hydrogen-bond acceptors (Lipinski definition) is 3. The first-order valence-electron chi connectivity index (χ1n) is 5.02. The molecule has 0 saturated carbocycles. The van der Waals surface area contributed by atoms with E-state index in [1.165, 1.54) is 18.7 Å². The molecule has 0 bridgehead atoms. The summed E-state index contributed by atoms with van der Waals surface area (Å²) in [5.41, 5.74) is 4.33. The molecule has 0 aromatic carbocycles. The van der Waals surface area contributed by atoms with Crippen molar-refractivity contribution < 1.29 is 14.7 Å². The normalized spacial score (nSPS) is 13.4. The van der Waals surface area contributed by atoms with Crippen LogP contribution in [0.25, 0.3) is 0 Å². The smallest absolute Gasteiger partial charge is 0.329 e. The highest BCUT2D eigenvalue weighted by Gasteiger charge is 2.36. The number of nitrogens with two attached hydrogens (primary N) is 1. The summed E-state index contributed by atoms with van der Waals surface area (Å²) in [5, 5.41) is 9.00. The van der Waals surface area contributed by atoms with Crippen LogP contribution in [0.5, 0.6) is 0 Å². The monoisotopic (exact) mass is 216 g/mol. The summed E-state index contributed by atoms with van der Waals surface area (Å²) < 4.78 is 0. The van der Waals surface area contributed by atoms with Crippen LogP contribution in [-0.2, 0) is 9.59 Å². The highest BCUT2D eigenvalue weighted by atomic mass is 16.4. The third-order valence-corrected chi connectivity index (χ3v) is 2.31. The molecule has 15 heavy (non-hydrogen) atoms. The maximum atomic E-state index is 11.7. The van der Waals surface area contributed by atoms with E-state index in [0.717, 1.165) is 0 Å². The molecule has 0 saturated heterocycles. The van der Waals surface area contributed by atoms with Crippen LogP contribution in [0.15, 0.2) is 0 Å². The van der Waals surface area contributed by atoms with Crippen LogP contribution in [0.4, 0.5) is 0 Å². The lowest BCUT2D eigenvalue weighted by molar-refractivity contribution is -0.156. The summed E-state index contributed by atoms with van der Waals surface area (Å²) in [7, 11) is 0. The Balaban J connectivity index is 4.76. The van der Waals surface area contributed by atoms with Crippen molar-refractivity contribution in [2.24, 2.45) is 5.73 Å². The molecule has 0 aliphatic heterocycles. The number of amides is 1. The van der Waals surface area contributed by atoms with E-state index in [9.17, 15) is 9.59 Å². The molecule has 5 nitrogen and oxygen atoms in total. The minimum Gasteiger partial charge on any atom is -0.480 e. The fourth-order valence-corrected chi connectivity index (χ4v) is 1.38. The summed E-state index contributed by atoms with van der Waals surface area (Å²) in [4.78, 5) is 24.0. The van der Waals surface area contributed by atoms with Gasteiger partial charge in [-0.2, -0.15) is 0 Å². The van der Waals surface area contributed by atoms with Crippen LogP contribution >= 0.6 is 0 Å². The van der Waals surface area contributed by atoms with Gasteiger partial charge in [0.25, 0.3) is 0 Å². The van der Waals surface area contributed by atoms with Crippen LogP contribution < -0.4 is 5.73 Å². The molecule has 0 aromatic rings. The van der Waals surface area contributed by atoms with Crippen molar-refractivity contribution in [3.63, 3.8) is 0 Å². The van der Waals surface area contributed by atoms with Gasteiger partial charge in [0.1, 0.15) is 5.54 Å². The van der Waals surface area contributed by atoms with E-state index in [4.69, 9.17) is 10.8 Å². The van der Waals surface area contributed by atoms with Crippen molar-refractivity contribution >= 4 is 11.9 Å². The molecule has 3 N–H and O–H groups in total. The fourth-order valence-electron chi connectivity index (χ4n) is 1.38. The topological polar surface area (TPSA) is 83.6 Å². The number of aliphatic carboxylic acids is 1. The molecule has 0 radical (unpaired) electrons. The Hall–Kier alpha value is -1.10. The second kappa shape index (κ2) is 5.11. The summed E-state index contributed by atoms with van der Waals surface area (Å²) in [6.45, 7) is 6.87. The summed E-state index contributed by atoms with van der Waals surface area (Å²) in [5.74, 6) is -1.23. The first-order chi connectivity index (χ1) is 6.73. The molecule has 0 rings (SSSR count). The Morgan fingerprint density at radius 3 is 2.20 bits per heavy atom. The van der Waals surface area contributed by atoms with Crippen molar-refractivity contribution in [3.8, 4) is 0 Å². The lowest BCUT2D eigenvalue weighted by Gasteiger charge is -2.34. The molecule has 5 heteroatoms. The van der Waals surface area contributed by atoms with E-state index in [-0.39, 0.29) is 18.4 Å². The SMILES string of the molecule is CCN(C(=O)CC(C)N)C(C)(C)C(=O)O. The van der Waals surface area contributed by atoms with Crippen LogP contribution in [-0.4, -0.2) is 40.0 Å². The lowest BCUT2D eigenvalue weighted by Crippen LogP contribution is -2.53. The quantitative estimate of drug-likeness (QED) is 0.698. The third-order valence-electron chi connectivity index (χ3n) is 2.31. The van der Waals surface area contributed by atoms with Gasteiger partial charge in [-0.05, 0) is 27.7 Å². The highest BCUT2D eigenvalue weighted by Crippen LogP contribution is 2.16. The van der Waals surface area contributed by atoms with E-state index < -0.39 is 11.5 Å². The number of carboxylic acids is 1. The molecular formula is C10H20N2O3. The molecule has 0 heterocycles. The summed E-state index contributed by atoms with van der Waals surface area (Å²) in [6, 6.07) is -0.254. The zero-order chi connectivity index (χ0) is 12.2. The van der Waals surface area contributed by atoms with Crippen molar-refractivity contribution in [2.75, 3.05) is 6.54 Å². The molecule has 1 atom stereocenters. The van der Waals surface area contributed by atoms with Gasteiger partial charge in [0, 0.05) is 19.0 Å². The minimum absolute atomic E-state index is 0.171. The third kappa shape index (κ3) is 3.51. The maximum absolute atomic E-state index is 11.7. The molecule has 1 amide bonds. The molecule has 0 fully saturated rings. The van der Waals surface area contributed by atoms with Gasteiger partial charge in [-0.25, -0.2) is 4.79 Å². The van der Waals surface area contributed by atoms with Crippen molar-refractivity contribution in [3.05, 3.63) is 0 Å². The first-order valence-corrected chi connectivity index (χ1v) is 5.02. The molecular weight excluding hydrogens is 196 g/mol. The summed E-state index contributed by atoms with van der Waals surface area (Å²) >= 11 is 0. The molecule has 0 aliphatic carbocycles. The van der Waals surface area contributed by atoms with Gasteiger partial charge in [0.15, 0.2) is 0 Å². The average molecular weight is 216 g/mol. The number of hydrogen-bond donors (Lipinski definition) is 2. The predicted octanol–water partition coefficient (Wildman–Crippen LogP) is 0.435. The largest absolute Gasteiger partial charge is 0.480 e. The standard InChI is InChI=1S/C10H20N2O3/c1-5-12(8(13)6-7(2)11)10(3,4)9(14)15/h7H,5-6,11H2,1-4H3,(H,14,15). The number of carbonyl (C=O) groups is 2. The first kappa shape index (κ1) is 13.9. The lowest BCUT2D eigenvalue weighted by atomic mass is 10.0. The molecule has 0 aliphatic rings. The second-order valence-corrected chi connectivity index (χ2v) is 4.18. The van der Waals surface area contributed by atoms with E-state index >= 15 is 0 Å². The zero-order valence-electron chi connectivity index (χ0n) is 9.78. The van der Waals surface area contributed by atoms with Crippen molar-refractivity contribution in [1.29, 1.82) is 0 Å². The van der Waals surface area contributed by atoms with Gasteiger partial charge in [0.05, 0.1) is 0 Å². The van der Waals surface area contributed by atoms with E-state index in [2.05, 4.69) is 0 Å². The Morgan fingerprint density at radius 2 is 1.93 bits per heavy atom. The Morgan fingerprint density at radius 1 is 1.47 bits per heavy atom. The van der Waals surface area contributed by atoms with Crippen LogP contribution in [0.2, 0.25) is 0 Å². The van der Waals surface area contributed by atoms with Gasteiger partial charge in [0.2, 0.25) is 5.91 Å². The zero-order valence-corrected chi connectivity index (χ0v) is 9.78. The van der Waals surface area contributed by atoms with Gasteiger partial charge < -0.3 is 15.7 Å². The molecule has 1 unspecified atom stereocenters. The van der Waals surface area contributed by atoms with Gasteiger partial charge in [-0.3, -0.25) is 4.79 Å². The predicted molar refractivity (Wildman–Crippen MR) is 57.4 cm³/mol.